The second-order valence-corrected chi connectivity index (χ2v) is 10.5. The van der Waals surface area contributed by atoms with Gasteiger partial charge in [-0.1, -0.05) is 11.8 Å². The first-order chi connectivity index (χ1) is 16.4. The molecule has 4 aromatic rings. The topological polar surface area (TPSA) is 163 Å². The highest BCUT2D eigenvalue weighted by Gasteiger charge is 2.22. The average molecular weight is 503 g/mol. The number of anilines is 1. The van der Waals surface area contributed by atoms with Crippen molar-refractivity contribution in [3.05, 3.63) is 30.7 Å². The van der Waals surface area contributed by atoms with Crippen molar-refractivity contribution in [3.63, 3.8) is 0 Å². The molecular weight excluding hydrogens is 480 g/mol. The predicted molar refractivity (Wildman–Crippen MR) is 126 cm³/mol. The third kappa shape index (κ3) is 4.38. The van der Waals surface area contributed by atoms with E-state index in [1.165, 1.54) is 18.1 Å². The molecule has 4 N–H and O–H groups in total. The minimum absolute atomic E-state index is 0.0341. The Morgan fingerprint density at radius 2 is 2.09 bits per heavy atom. The summed E-state index contributed by atoms with van der Waals surface area (Å²) >= 11 is 1.41. The number of fused-ring (bicyclic) bond motifs is 2. The highest BCUT2D eigenvalue weighted by molar-refractivity contribution is 7.99. The Labute approximate surface area is 199 Å². The van der Waals surface area contributed by atoms with Gasteiger partial charge in [-0.15, -0.1) is 0 Å². The van der Waals surface area contributed by atoms with Gasteiger partial charge in [0, 0.05) is 29.7 Å². The molecule has 0 unspecified atom stereocenters. The summed E-state index contributed by atoms with van der Waals surface area (Å²) in [6, 6.07) is 5.67. The Balaban J connectivity index is 1.51. The predicted octanol–water partition coefficient (Wildman–Crippen LogP) is 2.01. The summed E-state index contributed by atoms with van der Waals surface area (Å²) in [5.41, 5.74) is 8.83. The molecule has 1 aliphatic rings. The van der Waals surface area contributed by atoms with Crippen LogP contribution in [-0.2, 0) is 16.6 Å². The van der Waals surface area contributed by atoms with Crippen LogP contribution in [0.4, 0.5) is 5.82 Å². The molecule has 0 aliphatic carbocycles. The lowest BCUT2D eigenvalue weighted by Gasteiger charge is -2.12. The standard InChI is InChI=1S/C20H22N8O4S2/c1-2-34(29,30)25-5-3-7-28-19-17(18(21)22-10-23-19)26-20(28)33-16-9-15-14(31-11-32-15)8-12(16)13-4-6-24-27-13/h4,6,8-10,25H,2-3,5,7,11H2,1H3,(H,24,27)(H2,21,22,23). The van der Waals surface area contributed by atoms with Crippen LogP contribution in [0, 0.1) is 0 Å². The van der Waals surface area contributed by atoms with Crippen LogP contribution in [0.2, 0.25) is 0 Å². The van der Waals surface area contributed by atoms with E-state index in [1.54, 1.807) is 13.1 Å². The number of sulfonamides is 1. The highest BCUT2D eigenvalue weighted by atomic mass is 32.2. The van der Waals surface area contributed by atoms with Crippen LogP contribution < -0.4 is 19.9 Å². The van der Waals surface area contributed by atoms with Crippen LogP contribution in [0.1, 0.15) is 13.3 Å². The third-order valence-electron chi connectivity index (χ3n) is 5.25. The minimum atomic E-state index is -3.27. The van der Waals surface area contributed by atoms with Crippen LogP contribution in [-0.4, -0.2) is 57.2 Å². The van der Waals surface area contributed by atoms with Crippen LogP contribution >= 0.6 is 11.8 Å². The molecule has 14 heteroatoms. The van der Waals surface area contributed by atoms with Gasteiger partial charge in [-0.2, -0.15) is 5.10 Å². The maximum absolute atomic E-state index is 11.8. The first-order valence-electron chi connectivity index (χ1n) is 10.5. The minimum Gasteiger partial charge on any atom is -0.454 e. The Morgan fingerprint density at radius 3 is 2.85 bits per heavy atom. The molecule has 1 aromatic carbocycles. The number of benzene rings is 1. The fraction of sp³-hybridized carbons (Fsp3) is 0.300. The molecule has 0 saturated heterocycles. The number of imidazole rings is 1. The summed E-state index contributed by atoms with van der Waals surface area (Å²) in [6.07, 6.45) is 3.61. The van der Waals surface area contributed by atoms with Crippen LogP contribution in [0.25, 0.3) is 22.4 Å². The summed E-state index contributed by atoms with van der Waals surface area (Å²) in [5, 5.41) is 7.69. The van der Waals surface area contributed by atoms with Crippen molar-refractivity contribution in [2.45, 2.75) is 29.9 Å². The zero-order valence-electron chi connectivity index (χ0n) is 18.2. The Morgan fingerprint density at radius 1 is 1.26 bits per heavy atom. The fourth-order valence-electron chi connectivity index (χ4n) is 3.50. The summed E-state index contributed by atoms with van der Waals surface area (Å²) < 4.78 is 39.2. The number of aromatic amines is 1. The van der Waals surface area contributed by atoms with Gasteiger partial charge in [0.2, 0.25) is 16.8 Å². The Bertz CT molecular complexity index is 1440. The first kappa shape index (κ1) is 22.4. The molecule has 0 fully saturated rings. The lowest BCUT2D eigenvalue weighted by atomic mass is 10.1. The fourth-order valence-corrected chi connectivity index (χ4v) is 5.23. The second kappa shape index (κ2) is 9.12. The number of nitrogens with one attached hydrogen (secondary N) is 2. The van der Waals surface area contributed by atoms with E-state index in [1.807, 2.05) is 22.8 Å². The van der Waals surface area contributed by atoms with Gasteiger partial charge in [0.15, 0.2) is 33.6 Å². The van der Waals surface area contributed by atoms with Gasteiger partial charge in [-0.3, -0.25) is 5.10 Å². The molecule has 4 heterocycles. The molecule has 0 saturated carbocycles. The van der Waals surface area contributed by atoms with E-state index in [9.17, 15) is 8.42 Å². The number of aryl methyl sites for hydroxylation is 1. The molecule has 0 amide bonds. The van der Waals surface area contributed by atoms with E-state index in [0.717, 1.165) is 16.2 Å². The number of rotatable bonds is 9. The summed E-state index contributed by atoms with van der Waals surface area (Å²) in [4.78, 5) is 14.0. The van der Waals surface area contributed by atoms with Gasteiger partial charge in [0.05, 0.1) is 11.4 Å². The van der Waals surface area contributed by atoms with E-state index in [-0.39, 0.29) is 18.4 Å². The van der Waals surface area contributed by atoms with Crippen molar-refractivity contribution in [3.8, 4) is 22.8 Å². The van der Waals surface area contributed by atoms with E-state index in [4.69, 9.17) is 20.2 Å². The van der Waals surface area contributed by atoms with Crippen LogP contribution in [0.15, 0.2) is 40.8 Å². The van der Waals surface area contributed by atoms with E-state index in [0.29, 0.717) is 47.3 Å². The second-order valence-electron chi connectivity index (χ2n) is 7.40. The summed E-state index contributed by atoms with van der Waals surface area (Å²) in [5.74, 6) is 1.60. The molecule has 34 heavy (non-hydrogen) atoms. The number of aromatic nitrogens is 6. The largest absolute Gasteiger partial charge is 0.454 e. The lowest BCUT2D eigenvalue weighted by Crippen LogP contribution is -2.27. The van der Waals surface area contributed by atoms with Gasteiger partial charge in [-0.05, 0) is 31.5 Å². The number of ether oxygens (including phenoxy) is 2. The zero-order valence-corrected chi connectivity index (χ0v) is 19.8. The van der Waals surface area contributed by atoms with E-state index < -0.39 is 10.0 Å². The van der Waals surface area contributed by atoms with Crippen molar-refractivity contribution in [2.75, 3.05) is 24.8 Å². The molecule has 0 radical (unpaired) electrons. The molecule has 12 nitrogen and oxygen atoms in total. The Kier molecular flexibility index (Phi) is 6.02. The highest BCUT2D eigenvalue weighted by Crippen LogP contribution is 2.44. The molecule has 3 aromatic heterocycles. The maximum atomic E-state index is 11.8. The molecule has 178 valence electrons. The van der Waals surface area contributed by atoms with Crippen molar-refractivity contribution >= 4 is 38.8 Å². The zero-order chi connectivity index (χ0) is 23.7. The van der Waals surface area contributed by atoms with Gasteiger partial charge in [0.25, 0.3) is 0 Å². The molecule has 5 rings (SSSR count). The summed E-state index contributed by atoms with van der Waals surface area (Å²) in [6.45, 7) is 2.53. The van der Waals surface area contributed by atoms with E-state index >= 15 is 0 Å². The van der Waals surface area contributed by atoms with Crippen molar-refractivity contribution in [2.24, 2.45) is 0 Å². The number of nitrogens with two attached hydrogens (primary N) is 1. The van der Waals surface area contributed by atoms with Crippen LogP contribution in [0.3, 0.4) is 0 Å². The summed E-state index contributed by atoms with van der Waals surface area (Å²) in [7, 11) is -3.27. The first-order valence-corrected chi connectivity index (χ1v) is 13.0. The Hall–Kier alpha value is -3.36. The number of hydrogen-bond donors (Lipinski definition) is 3. The number of hydrogen-bond acceptors (Lipinski definition) is 10. The van der Waals surface area contributed by atoms with Crippen molar-refractivity contribution < 1.29 is 17.9 Å². The maximum Gasteiger partial charge on any atom is 0.231 e. The molecule has 0 bridgehead atoms. The number of H-pyrrole nitrogens is 1. The molecule has 0 spiro atoms. The van der Waals surface area contributed by atoms with Gasteiger partial charge >= 0.3 is 0 Å². The monoisotopic (exact) mass is 502 g/mol. The van der Waals surface area contributed by atoms with Crippen LogP contribution in [0.5, 0.6) is 11.5 Å². The van der Waals surface area contributed by atoms with Gasteiger partial charge < -0.3 is 19.8 Å². The number of nitrogens with zero attached hydrogens (tertiary/aromatic N) is 5. The normalized spacial score (nSPS) is 13.1. The smallest absolute Gasteiger partial charge is 0.231 e. The van der Waals surface area contributed by atoms with E-state index in [2.05, 4.69) is 24.9 Å². The molecule has 0 atom stereocenters. The van der Waals surface area contributed by atoms with Crippen molar-refractivity contribution in [1.82, 2.24) is 34.4 Å². The lowest BCUT2D eigenvalue weighted by molar-refractivity contribution is 0.174. The SMILES string of the molecule is CCS(=O)(=O)NCCCn1c(Sc2cc3c(cc2-c2ccn[nH]2)OCO3)nc2c(N)ncnc21. The number of nitrogen functional groups attached to an aromatic ring is 1. The molecule has 1 aliphatic heterocycles. The van der Waals surface area contributed by atoms with Crippen molar-refractivity contribution in [1.29, 1.82) is 0 Å². The molecular formula is C20H22N8O4S2. The third-order valence-corrected chi connectivity index (χ3v) is 7.71. The quantitative estimate of drug-likeness (QED) is 0.288. The average Bonchev–Trinajstić information content (AvgIpc) is 3.57. The van der Waals surface area contributed by atoms with Gasteiger partial charge in [0.1, 0.15) is 6.33 Å². The van der Waals surface area contributed by atoms with Gasteiger partial charge in [-0.25, -0.2) is 28.1 Å².